The molecule has 0 saturated heterocycles. The second-order valence-electron chi connectivity index (χ2n) is 6.56. The third-order valence-corrected chi connectivity index (χ3v) is 20.0. The van der Waals surface area contributed by atoms with Gasteiger partial charge in [0.1, 0.15) is 14.2 Å². The Hall–Kier alpha value is -1.32. The fourth-order valence-electron chi connectivity index (χ4n) is 1.36. The molecule has 0 saturated carbocycles. The summed E-state index contributed by atoms with van der Waals surface area (Å²) in [7, 11) is -2.70. The molecule has 0 amide bonds. The van der Waals surface area contributed by atoms with E-state index < -0.39 is 15.2 Å². The van der Waals surface area contributed by atoms with E-state index >= 15 is 0 Å². The SMILES string of the molecule is CC(=O)OCc1ccccc1C#C[Si](C)(C)[Si](C)(C)C. The van der Waals surface area contributed by atoms with Crippen LogP contribution in [0.4, 0.5) is 0 Å². The maximum absolute atomic E-state index is 10.9. The Kier molecular flexibility index (Phi) is 5.37. The van der Waals surface area contributed by atoms with E-state index in [0.29, 0.717) is 6.61 Å². The molecule has 0 atom stereocenters. The van der Waals surface area contributed by atoms with Crippen molar-refractivity contribution in [2.24, 2.45) is 0 Å². The minimum Gasteiger partial charge on any atom is -0.461 e. The average molecular weight is 305 g/mol. The number of ether oxygens (including phenoxy) is 1. The van der Waals surface area contributed by atoms with Crippen molar-refractivity contribution in [1.29, 1.82) is 0 Å². The minimum absolute atomic E-state index is 0.260. The van der Waals surface area contributed by atoms with Gasteiger partial charge in [-0.05, 0) is 6.07 Å². The molecular weight excluding hydrogens is 280 g/mol. The van der Waals surface area contributed by atoms with E-state index in [0.717, 1.165) is 11.1 Å². The Morgan fingerprint density at radius 3 is 2.30 bits per heavy atom. The number of hydrogen-bond donors (Lipinski definition) is 0. The molecule has 0 N–H and O–H groups in total. The van der Waals surface area contributed by atoms with Gasteiger partial charge >= 0.3 is 5.97 Å². The van der Waals surface area contributed by atoms with Crippen molar-refractivity contribution in [3.8, 4) is 11.5 Å². The van der Waals surface area contributed by atoms with Gasteiger partial charge in [-0.15, -0.1) is 5.54 Å². The predicted octanol–water partition coefficient (Wildman–Crippen LogP) is 3.77. The van der Waals surface area contributed by atoms with E-state index in [-0.39, 0.29) is 5.97 Å². The molecule has 1 aromatic rings. The first-order valence-electron chi connectivity index (χ1n) is 6.88. The lowest BCUT2D eigenvalue weighted by atomic mass is 10.1. The van der Waals surface area contributed by atoms with Crippen molar-refractivity contribution >= 4 is 21.2 Å². The molecule has 0 bridgehead atoms. The van der Waals surface area contributed by atoms with Crippen LogP contribution in [0.1, 0.15) is 18.1 Å². The molecule has 0 spiro atoms. The standard InChI is InChI=1S/C16H24O2Si2/c1-14(17)18-13-16-10-8-7-9-15(16)11-12-20(5,6)19(2,3)4/h7-10H,13H2,1-6H3. The Morgan fingerprint density at radius 1 is 1.15 bits per heavy atom. The molecule has 0 aromatic heterocycles. The quantitative estimate of drug-likeness (QED) is 0.483. The highest BCUT2D eigenvalue weighted by Crippen LogP contribution is 2.18. The van der Waals surface area contributed by atoms with Crippen LogP contribution in [0, 0.1) is 11.5 Å². The average Bonchev–Trinajstić information content (AvgIpc) is 2.33. The second kappa shape index (κ2) is 6.42. The Morgan fingerprint density at radius 2 is 1.75 bits per heavy atom. The van der Waals surface area contributed by atoms with Crippen molar-refractivity contribution in [2.75, 3.05) is 0 Å². The first kappa shape index (κ1) is 16.7. The number of carbonyl (C=O) groups excluding carboxylic acids is 1. The monoisotopic (exact) mass is 304 g/mol. The van der Waals surface area contributed by atoms with Crippen molar-refractivity contribution in [2.45, 2.75) is 46.3 Å². The van der Waals surface area contributed by atoms with Gasteiger partial charge in [-0.2, -0.15) is 0 Å². The topological polar surface area (TPSA) is 26.3 Å². The van der Waals surface area contributed by atoms with E-state index in [1.165, 1.54) is 6.92 Å². The van der Waals surface area contributed by atoms with Crippen LogP contribution in [0.2, 0.25) is 32.7 Å². The lowest BCUT2D eigenvalue weighted by molar-refractivity contribution is -0.142. The van der Waals surface area contributed by atoms with Crippen molar-refractivity contribution in [3.63, 3.8) is 0 Å². The summed E-state index contributed by atoms with van der Waals surface area (Å²) >= 11 is 0. The number of rotatable bonds is 3. The van der Waals surface area contributed by atoms with Crippen LogP contribution in [-0.2, 0) is 16.1 Å². The molecule has 1 rings (SSSR count). The fraction of sp³-hybridized carbons (Fsp3) is 0.438. The number of hydrogen-bond acceptors (Lipinski definition) is 2. The highest BCUT2D eigenvalue weighted by Gasteiger charge is 2.35. The molecule has 4 heteroatoms. The predicted molar refractivity (Wildman–Crippen MR) is 89.6 cm³/mol. The highest BCUT2D eigenvalue weighted by molar-refractivity contribution is 7.43. The summed E-state index contributed by atoms with van der Waals surface area (Å²) in [5.41, 5.74) is 5.51. The number of benzene rings is 1. The largest absolute Gasteiger partial charge is 0.461 e. The summed E-state index contributed by atoms with van der Waals surface area (Å²) in [5.74, 6) is 3.08. The van der Waals surface area contributed by atoms with Gasteiger partial charge in [-0.25, -0.2) is 0 Å². The van der Waals surface area contributed by atoms with E-state index in [4.69, 9.17) is 4.74 Å². The van der Waals surface area contributed by atoms with E-state index in [1.54, 1.807) is 0 Å². The smallest absolute Gasteiger partial charge is 0.302 e. The zero-order valence-corrected chi connectivity index (χ0v) is 15.3. The lowest BCUT2D eigenvalue weighted by Crippen LogP contribution is -2.51. The Bertz CT molecular complexity index is 546. The summed E-state index contributed by atoms with van der Waals surface area (Å²) in [6.07, 6.45) is 0. The third kappa shape index (κ3) is 4.66. The van der Waals surface area contributed by atoms with Crippen molar-refractivity contribution in [1.82, 2.24) is 0 Å². The Balaban J connectivity index is 3.02. The van der Waals surface area contributed by atoms with E-state index in [1.807, 2.05) is 24.3 Å². The fourth-order valence-corrected chi connectivity index (χ4v) is 3.49. The van der Waals surface area contributed by atoms with Crippen LogP contribution in [0.25, 0.3) is 0 Å². The molecule has 108 valence electrons. The summed E-state index contributed by atoms with van der Waals surface area (Å²) in [6, 6.07) is 7.89. The molecule has 0 aliphatic heterocycles. The minimum atomic E-state index is -1.49. The molecule has 1 aromatic carbocycles. The molecule has 0 fully saturated rings. The van der Waals surface area contributed by atoms with Gasteiger partial charge in [0.05, 0.1) is 7.59 Å². The van der Waals surface area contributed by atoms with E-state index in [9.17, 15) is 4.79 Å². The Labute approximate surface area is 124 Å². The van der Waals surface area contributed by atoms with Crippen LogP contribution in [-0.4, -0.2) is 21.2 Å². The third-order valence-electron chi connectivity index (χ3n) is 3.83. The first-order chi connectivity index (χ1) is 9.13. The van der Waals surface area contributed by atoms with Gasteiger partial charge in [0, 0.05) is 18.1 Å². The van der Waals surface area contributed by atoms with Crippen LogP contribution in [0.5, 0.6) is 0 Å². The lowest BCUT2D eigenvalue weighted by Gasteiger charge is -2.29. The van der Waals surface area contributed by atoms with Crippen molar-refractivity contribution < 1.29 is 9.53 Å². The molecule has 0 aliphatic rings. The molecule has 0 aliphatic carbocycles. The molecule has 2 nitrogen and oxygen atoms in total. The summed E-state index contributed by atoms with van der Waals surface area (Å²) in [6.45, 7) is 13.6. The first-order valence-corrected chi connectivity index (χ1v) is 14.4. The van der Waals surface area contributed by atoms with E-state index in [2.05, 4.69) is 44.2 Å². The number of carbonyl (C=O) groups is 1. The molecule has 0 radical (unpaired) electrons. The maximum Gasteiger partial charge on any atom is 0.302 e. The molecule has 20 heavy (non-hydrogen) atoms. The van der Waals surface area contributed by atoms with Gasteiger partial charge < -0.3 is 4.74 Å². The van der Waals surface area contributed by atoms with Gasteiger partial charge in [0.2, 0.25) is 0 Å². The van der Waals surface area contributed by atoms with Crippen LogP contribution in [0.3, 0.4) is 0 Å². The second-order valence-corrected chi connectivity index (χ2v) is 22.8. The number of esters is 1. The van der Waals surface area contributed by atoms with Gasteiger partial charge in [0.25, 0.3) is 0 Å². The molecule has 0 unspecified atom stereocenters. The summed E-state index contributed by atoms with van der Waals surface area (Å²) in [4.78, 5) is 10.9. The van der Waals surface area contributed by atoms with Gasteiger partial charge in [-0.3, -0.25) is 4.79 Å². The molecular formula is C16H24O2Si2. The van der Waals surface area contributed by atoms with Crippen molar-refractivity contribution in [3.05, 3.63) is 35.4 Å². The normalized spacial score (nSPS) is 11.5. The van der Waals surface area contributed by atoms with Gasteiger partial charge in [-0.1, -0.05) is 56.9 Å². The summed E-state index contributed by atoms with van der Waals surface area (Å²) < 4.78 is 5.08. The zero-order chi connectivity index (χ0) is 15.4. The zero-order valence-electron chi connectivity index (χ0n) is 13.3. The molecule has 0 heterocycles. The summed E-state index contributed by atoms with van der Waals surface area (Å²) in [5, 5.41) is 0. The maximum atomic E-state index is 10.9. The van der Waals surface area contributed by atoms with Crippen LogP contribution < -0.4 is 0 Å². The van der Waals surface area contributed by atoms with Gasteiger partial charge in [0.15, 0.2) is 0 Å². The highest BCUT2D eigenvalue weighted by atomic mass is 29.3. The van der Waals surface area contributed by atoms with Crippen LogP contribution in [0.15, 0.2) is 24.3 Å². The van der Waals surface area contributed by atoms with Crippen LogP contribution >= 0.6 is 0 Å².